The minimum Gasteiger partial charge on any atom is -0.457 e. The van der Waals surface area contributed by atoms with E-state index in [9.17, 15) is 14.4 Å². The van der Waals surface area contributed by atoms with Crippen molar-refractivity contribution in [3.8, 4) is 0 Å². The van der Waals surface area contributed by atoms with Gasteiger partial charge in [0.05, 0.1) is 5.92 Å². The van der Waals surface area contributed by atoms with E-state index in [1.54, 1.807) is 4.57 Å². The van der Waals surface area contributed by atoms with Gasteiger partial charge in [-0.15, -0.1) is 0 Å². The number of nitrogens with zero attached hydrogens (tertiary/aromatic N) is 3. The number of carbonyl (C=O) groups excluding carboxylic acids is 1. The molecule has 136 valence electrons. The highest BCUT2D eigenvalue weighted by atomic mass is 16.5. The monoisotopic (exact) mass is 348 g/mol. The minimum atomic E-state index is -0.463. The number of H-pyrrole nitrogens is 1. The summed E-state index contributed by atoms with van der Waals surface area (Å²) in [7, 11) is 0. The third-order valence-electron chi connectivity index (χ3n) is 4.77. The Balaban J connectivity index is 1.98. The molecule has 3 rings (SSSR count). The Labute approximate surface area is 144 Å². The molecule has 8 nitrogen and oxygen atoms in total. The van der Waals surface area contributed by atoms with Crippen molar-refractivity contribution in [1.82, 2.24) is 19.1 Å². The second kappa shape index (κ2) is 6.85. The van der Waals surface area contributed by atoms with E-state index in [1.807, 2.05) is 20.8 Å². The van der Waals surface area contributed by atoms with E-state index < -0.39 is 11.2 Å². The van der Waals surface area contributed by atoms with Crippen LogP contribution in [0.25, 0.3) is 11.2 Å². The largest absolute Gasteiger partial charge is 0.457 e. The second-order valence-corrected chi connectivity index (χ2v) is 6.64. The Morgan fingerprint density at radius 2 is 2.04 bits per heavy atom. The van der Waals surface area contributed by atoms with Crippen LogP contribution in [0.4, 0.5) is 0 Å². The highest BCUT2D eigenvalue weighted by molar-refractivity contribution is 5.75. The SMILES string of the molecule is CCCCn1c(=O)[nH]c(=O)c2c1nc(COC(=O)[C@H]1C[C@@H]1C)n2CC. The van der Waals surface area contributed by atoms with E-state index in [0.717, 1.165) is 19.3 Å². The molecule has 8 heteroatoms. The zero-order valence-electron chi connectivity index (χ0n) is 14.9. The standard InChI is InChI=1S/C17H24N4O4/c1-4-6-7-21-14-13(15(22)19-17(21)24)20(5-2)12(18-14)9-25-16(23)11-8-10(11)3/h10-11H,4-9H2,1-3H3,(H,19,22,24)/t10-,11-/m0/s1. The minimum absolute atomic E-state index is 0.00593. The molecule has 1 N–H and O–H groups in total. The fourth-order valence-corrected chi connectivity index (χ4v) is 3.09. The molecule has 1 aliphatic rings. The number of rotatable bonds is 7. The molecule has 0 amide bonds. The van der Waals surface area contributed by atoms with Crippen molar-refractivity contribution < 1.29 is 9.53 Å². The number of hydrogen-bond acceptors (Lipinski definition) is 5. The van der Waals surface area contributed by atoms with Crippen LogP contribution in [0, 0.1) is 11.8 Å². The number of aromatic amines is 1. The van der Waals surface area contributed by atoms with Gasteiger partial charge in [-0.2, -0.15) is 0 Å². The number of aromatic nitrogens is 4. The van der Waals surface area contributed by atoms with E-state index in [4.69, 9.17) is 4.74 Å². The maximum absolute atomic E-state index is 12.3. The summed E-state index contributed by atoms with van der Waals surface area (Å²) in [5, 5.41) is 0. The molecule has 2 heterocycles. The highest BCUT2D eigenvalue weighted by Gasteiger charge is 2.40. The van der Waals surface area contributed by atoms with Gasteiger partial charge in [-0.05, 0) is 25.7 Å². The van der Waals surface area contributed by atoms with Crippen molar-refractivity contribution >= 4 is 17.1 Å². The Morgan fingerprint density at radius 3 is 2.64 bits per heavy atom. The summed E-state index contributed by atoms with van der Waals surface area (Å²) in [4.78, 5) is 43.2. The molecule has 0 radical (unpaired) electrons. The first kappa shape index (κ1) is 17.4. The number of hydrogen-bond donors (Lipinski definition) is 1. The van der Waals surface area contributed by atoms with E-state index in [0.29, 0.717) is 36.0 Å². The molecule has 1 saturated carbocycles. The van der Waals surface area contributed by atoms with Gasteiger partial charge in [0.25, 0.3) is 5.56 Å². The number of unbranched alkanes of at least 4 members (excludes halogenated alkanes) is 1. The first-order valence-electron chi connectivity index (χ1n) is 8.86. The van der Waals surface area contributed by atoms with Crippen LogP contribution in [0.15, 0.2) is 9.59 Å². The van der Waals surface area contributed by atoms with Crippen molar-refractivity contribution in [3.63, 3.8) is 0 Å². The first-order valence-corrected chi connectivity index (χ1v) is 8.86. The predicted molar refractivity (Wildman–Crippen MR) is 92.3 cm³/mol. The molecule has 1 aliphatic carbocycles. The van der Waals surface area contributed by atoms with Crippen molar-refractivity contribution in [2.24, 2.45) is 11.8 Å². The number of carbonyl (C=O) groups is 1. The summed E-state index contributed by atoms with van der Waals surface area (Å²) in [5.74, 6) is 0.616. The number of aryl methyl sites for hydroxylation is 2. The number of nitrogens with one attached hydrogen (secondary N) is 1. The van der Waals surface area contributed by atoms with Crippen molar-refractivity contribution in [1.29, 1.82) is 0 Å². The molecule has 0 aromatic carbocycles. The number of ether oxygens (including phenoxy) is 1. The molecule has 2 aromatic rings. The van der Waals surface area contributed by atoms with Gasteiger partial charge >= 0.3 is 11.7 Å². The van der Waals surface area contributed by atoms with E-state index in [2.05, 4.69) is 9.97 Å². The average Bonchev–Trinajstić information content (AvgIpc) is 3.19. The van der Waals surface area contributed by atoms with Gasteiger partial charge in [0, 0.05) is 13.1 Å². The summed E-state index contributed by atoms with van der Waals surface area (Å²) in [5.41, 5.74) is -0.212. The summed E-state index contributed by atoms with van der Waals surface area (Å²) >= 11 is 0. The molecular weight excluding hydrogens is 324 g/mol. The topological polar surface area (TPSA) is 99.0 Å². The lowest BCUT2D eigenvalue weighted by Gasteiger charge is -2.07. The molecule has 2 atom stereocenters. The molecular formula is C17H24N4O4. The second-order valence-electron chi connectivity index (χ2n) is 6.64. The maximum atomic E-state index is 12.3. The molecule has 0 bridgehead atoms. The van der Waals surface area contributed by atoms with Crippen LogP contribution < -0.4 is 11.2 Å². The van der Waals surface area contributed by atoms with Gasteiger partial charge in [0.1, 0.15) is 12.4 Å². The Morgan fingerprint density at radius 1 is 1.32 bits per heavy atom. The van der Waals surface area contributed by atoms with Gasteiger partial charge in [-0.1, -0.05) is 20.3 Å². The Kier molecular flexibility index (Phi) is 4.78. The van der Waals surface area contributed by atoms with Crippen LogP contribution in [-0.4, -0.2) is 25.1 Å². The van der Waals surface area contributed by atoms with Crippen LogP contribution in [0.2, 0.25) is 0 Å². The Hall–Kier alpha value is -2.38. The lowest BCUT2D eigenvalue weighted by molar-refractivity contribution is -0.147. The molecule has 0 saturated heterocycles. The van der Waals surface area contributed by atoms with Crippen LogP contribution >= 0.6 is 0 Å². The number of imidazole rings is 1. The zero-order valence-corrected chi connectivity index (χ0v) is 14.9. The fourth-order valence-electron chi connectivity index (χ4n) is 3.09. The van der Waals surface area contributed by atoms with Crippen molar-refractivity contribution in [2.45, 2.75) is 59.7 Å². The average molecular weight is 348 g/mol. The molecule has 2 aromatic heterocycles. The summed E-state index contributed by atoms with van der Waals surface area (Å²) in [6.07, 6.45) is 2.59. The van der Waals surface area contributed by atoms with Crippen LogP contribution in [0.3, 0.4) is 0 Å². The van der Waals surface area contributed by atoms with Crippen molar-refractivity contribution in [2.75, 3.05) is 0 Å². The van der Waals surface area contributed by atoms with Gasteiger partial charge < -0.3 is 9.30 Å². The Bertz CT molecular complexity index is 908. The summed E-state index contributed by atoms with van der Waals surface area (Å²) < 4.78 is 8.56. The number of esters is 1. The van der Waals surface area contributed by atoms with Gasteiger partial charge in [-0.25, -0.2) is 9.78 Å². The smallest absolute Gasteiger partial charge is 0.330 e. The van der Waals surface area contributed by atoms with Crippen molar-refractivity contribution in [3.05, 3.63) is 26.7 Å². The predicted octanol–water partition coefficient (Wildman–Crippen LogP) is 1.41. The molecule has 0 unspecified atom stereocenters. The van der Waals surface area contributed by atoms with E-state index in [-0.39, 0.29) is 18.5 Å². The molecule has 0 spiro atoms. The van der Waals surface area contributed by atoms with E-state index in [1.165, 1.54) is 4.57 Å². The lowest BCUT2D eigenvalue weighted by Crippen LogP contribution is -2.31. The van der Waals surface area contributed by atoms with E-state index >= 15 is 0 Å². The molecule has 25 heavy (non-hydrogen) atoms. The van der Waals surface area contributed by atoms with Gasteiger partial charge in [0.15, 0.2) is 11.2 Å². The number of fused-ring (bicyclic) bond motifs is 1. The zero-order chi connectivity index (χ0) is 18.1. The molecule has 1 fully saturated rings. The fraction of sp³-hybridized carbons (Fsp3) is 0.647. The normalized spacial score (nSPS) is 19.3. The van der Waals surface area contributed by atoms with Crippen LogP contribution in [-0.2, 0) is 29.2 Å². The van der Waals surface area contributed by atoms with Crippen LogP contribution in [0.1, 0.15) is 45.9 Å². The maximum Gasteiger partial charge on any atom is 0.330 e. The highest BCUT2D eigenvalue weighted by Crippen LogP contribution is 2.38. The third-order valence-corrected chi connectivity index (χ3v) is 4.77. The van der Waals surface area contributed by atoms with Gasteiger partial charge in [0.2, 0.25) is 0 Å². The summed E-state index contributed by atoms with van der Waals surface area (Å²) in [6.45, 7) is 6.92. The van der Waals surface area contributed by atoms with Crippen LogP contribution in [0.5, 0.6) is 0 Å². The third kappa shape index (κ3) is 3.25. The summed E-state index contributed by atoms with van der Waals surface area (Å²) in [6, 6.07) is 0. The molecule has 0 aliphatic heterocycles. The quantitative estimate of drug-likeness (QED) is 0.763. The first-order chi connectivity index (χ1) is 12.0. The lowest BCUT2D eigenvalue weighted by atomic mass is 10.3. The van der Waals surface area contributed by atoms with Gasteiger partial charge in [-0.3, -0.25) is 19.1 Å².